The van der Waals surface area contributed by atoms with Gasteiger partial charge in [0.05, 0.1) is 41.5 Å². The smallest absolute Gasteiger partial charge is 0.253 e. The van der Waals surface area contributed by atoms with Gasteiger partial charge in [-0.3, -0.25) is 19.6 Å². The van der Waals surface area contributed by atoms with Crippen molar-refractivity contribution in [1.82, 2.24) is 20.3 Å². The van der Waals surface area contributed by atoms with Crippen LogP contribution in [-0.2, 0) is 17.9 Å². The van der Waals surface area contributed by atoms with E-state index in [1.807, 2.05) is 0 Å². The van der Waals surface area contributed by atoms with Gasteiger partial charge in [-0.1, -0.05) is 11.8 Å². The predicted molar refractivity (Wildman–Crippen MR) is 110 cm³/mol. The van der Waals surface area contributed by atoms with Crippen LogP contribution >= 0.6 is 11.8 Å². The zero-order valence-corrected chi connectivity index (χ0v) is 17.2. The number of halogens is 2. The Hall–Kier alpha value is -3.40. The van der Waals surface area contributed by atoms with Crippen molar-refractivity contribution in [2.75, 3.05) is 4.90 Å². The van der Waals surface area contributed by atoms with Crippen molar-refractivity contribution in [3.8, 4) is 0 Å². The van der Waals surface area contributed by atoms with E-state index in [9.17, 15) is 18.4 Å². The number of nitrogens with one attached hydrogen (secondary N) is 1. The average molecular weight is 441 g/mol. The van der Waals surface area contributed by atoms with Crippen LogP contribution in [0.4, 0.5) is 14.5 Å². The highest BCUT2D eigenvalue weighted by Crippen LogP contribution is 2.38. The number of hydrogen-bond acceptors (Lipinski definition) is 6. The van der Waals surface area contributed by atoms with Gasteiger partial charge in [-0.15, -0.1) is 0 Å². The Morgan fingerprint density at radius 3 is 2.61 bits per heavy atom. The maximum Gasteiger partial charge on any atom is 0.253 e. The Morgan fingerprint density at radius 1 is 1.13 bits per heavy atom. The normalized spacial score (nSPS) is 15.5. The minimum absolute atomic E-state index is 0.0439. The second-order valence-electron chi connectivity index (χ2n) is 6.89. The van der Waals surface area contributed by atoms with Crippen molar-refractivity contribution in [2.45, 2.75) is 30.3 Å². The molecule has 1 aliphatic heterocycles. The fraction of sp³-hybridized carbons (Fsp3) is 0.190. The number of hydrogen-bond donors (Lipinski definition) is 1. The van der Waals surface area contributed by atoms with Crippen LogP contribution in [0.5, 0.6) is 0 Å². The van der Waals surface area contributed by atoms with Crippen LogP contribution in [0, 0.1) is 11.6 Å². The van der Waals surface area contributed by atoms with E-state index in [0.717, 1.165) is 6.07 Å². The quantitative estimate of drug-likeness (QED) is 0.655. The van der Waals surface area contributed by atoms with Crippen LogP contribution in [-0.4, -0.2) is 32.0 Å². The number of carbonyl (C=O) groups excluding carboxylic acids is 2. The van der Waals surface area contributed by atoms with Gasteiger partial charge >= 0.3 is 0 Å². The molecule has 0 spiro atoms. The maximum atomic E-state index is 13.6. The van der Waals surface area contributed by atoms with E-state index in [2.05, 4.69) is 20.3 Å². The molecule has 1 aromatic carbocycles. The SMILES string of the molecule is CC1Sc2ncc(C(=O)NCc3cnccn3)cc2N(Cc2cc(F)cc(F)c2)C1=O. The van der Waals surface area contributed by atoms with Crippen molar-refractivity contribution in [3.63, 3.8) is 0 Å². The summed E-state index contributed by atoms with van der Waals surface area (Å²) >= 11 is 1.27. The number of aromatic nitrogens is 3. The predicted octanol–water partition coefficient (Wildman–Crippen LogP) is 3.11. The van der Waals surface area contributed by atoms with Gasteiger partial charge in [0.2, 0.25) is 5.91 Å². The number of rotatable bonds is 5. The average Bonchev–Trinajstić information content (AvgIpc) is 2.75. The molecule has 1 N–H and O–H groups in total. The lowest BCUT2D eigenvalue weighted by Gasteiger charge is -2.32. The minimum atomic E-state index is -0.725. The summed E-state index contributed by atoms with van der Waals surface area (Å²) in [5, 5.41) is 2.87. The third-order valence-electron chi connectivity index (χ3n) is 4.60. The maximum absolute atomic E-state index is 13.6. The summed E-state index contributed by atoms with van der Waals surface area (Å²) in [5.74, 6) is -2.08. The van der Waals surface area contributed by atoms with Crippen LogP contribution in [0.1, 0.15) is 28.5 Å². The largest absolute Gasteiger partial charge is 0.346 e. The van der Waals surface area contributed by atoms with E-state index < -0.39 is 22.8 Å². The fourth-order valence-electron chi connectivity index (χ4n) is 3.15. The van der Waals surface area contributed by atoms with E-state index in [0.29, 0.717) is 22.0 Å². The van der Waals surface area contributed by atoms with E-state index in [-0.39, 0.29) is 24.6 Å². The lowest BCUT2D eigenvalue weighted by Crippen LogP contribution is -2.40. The Bertz CT molecular complexity index is 1130. The first-order valence-electron chi connectivity index (χ1n) is 9.37. The molecule has 0 fully saturated rings. The second-order valence-corrected chi connectivity index (χ2v) is 8.22. The molecule has 2 aromatic heterocycles. The van der Waals surface area contributed by atoms with E-state index in [4.69, 9.17) is 0 Å². The topological polar surface area (TPSA) is 88.1 Å². The number of benzene rings is 1. The van der Waals surface area contributed by atoms with Crippen molar-refractivity contribution in [3.05, 3.63) is 77.5 Å². The van der Waals surface area contributed by atoms with Crippen LogP contribution in [0.3, 0.4) is 0 Å². The van der Waals surface area contributed by atoms with E-state index in [1.165, 1.54) is 47.4 Å². The fourth-order valence-corrected chi connectivity index (χ4v) is 4.11. The molecule has 0 aliphatic carbocycles. The first-order valence-corrected chi connectivity index (χ1v) is 10.2. The van der Waals surface area contributed by atoms with E-state index in [1.54, 1.807) is 19.2 Å². The van der Waals surface area contributed by atoms with Crippen LogP contribution in [0.2, 0.25) is 0 Å². The molecule has 0 bridgehead atoms. The summed E-state index contributed by atoms with van der Waals surface area (Å²) < 4.78 is 27.2. The van der Waals surface area contributed by atoms with Gasteiger partial charge in [-0.25, -0.2) is 13.8 Å². The zero-order valence-electron chi connectivity index (χ0n) is 16.4. The molecule has 3 heterocycles. The first kappa shape index (κ1) is 20.9. The molecule has 158 valence electrons. The minimum Gasteiger partial charge on any atom is -0.346 e. The Morgan fingerprint density at radius 2 is 1.90 bits per heavy atom. The molecule has 0 radical (unpaired) electrons. The molecule has 10 heteroatoms. The van der Waals surface area contributed by atoms with Crippen LogP contribution in [0.15, 0.2) is 54.1 Å². The number of fused-ring (bicyclic) bond motifs is 1. The van der Waals surface area contributed by atoms with Gasteiger partial charge in [0.15, 0.2) is 0 Å². The summed E-state index contributed by atoms with van der Waals surface area (Å²) in [5.41, 5.74) is 1.57. The molecule has 31 heavy (non-hydrogen) atoms. The third kappa shape index (κ3) is 4.69. The molecule has 1 unspecified atom stereocenters. The van der Waals surface area contributed by atoms with Gasteiger partial charge in [0.25, 0.3) is 5.91 Å². The van der Waals surface area contributed by atoms with Gasteiger partial charge < -0.3 is 10.2 Å². The van der Waals surface area contributed by atoms with Crippen LogP contribution in [0.25, 0.3) is 0 Å². The number of anilines is 1. The summed E-state index contributed by atoms with van der Waals surface area (Å²) in [7, 11) is 0. The van der Waals surface area contributed by atoms with Gasteiger partial charge in [-0.05, 0) is 30.7 Å². The molecule has 4 rings (SSSR count). The molecule has 2 amide bonds. The highest BCUT2D eigenvalue weighted by atomic mass is 32.2. The number of amides is 2. The summed E-state index contributed by atoms with van der Waals surface area (Å²) in [6.07, 6.45) is 6.04. The van der Waals surface area contributed by atoms with Crippen molar-refractivity contribution < 1.29 is 18.4 Å². The Labute approximate surface area is 180 Å². The van der Waals surface area contributed by atoms with Gasteiger partial charge in [0, 0.05) is 24.7 Å². The molecule has 0 saturated heterocycles. The Kier molecular flexibility index (Phi) is 5.90. The van der Waals surface area contributed by atoms with Crippen LogP contribution < -0.4 is 10.2 Å². The van der Waals surface area contributed by atoms with Crippen molar-refractivity contribution in [2.24, 2.45) is 0 Å². The standard InChI is InChI=1S/C21H17F2N5O2S/c1-12-21(30)28(11-13-4-15(22)7-16(23)5-13)18-6-14(8-27-20(18)31-12)19(29)26-10-17-9-24-2-3-25-17/h2-9,12H,10-11H2,1H3,(H,26,29). The monoisotopic (exact) mass is 441 g/mol. The highest BCUT2D eigenvalue weighted by Gasteiger charge is 2.32. The van der Waals surface area contributed by atoms with E-state index >= 15 is 0 Å². The highest BCUT2D eigenvalue weighted by molar-refractivity contribution is 8.00. The molecule has 7 nitrogen and oxygen atoms in total. The third-order valence-corrected chi connectivity index (χ3v) is 5.69. The van der Waals surface area contributed by atoms with Gasteiger partial charge in [-0.2, -0.15) is 0 Å². The summed E-state index contributed by atoms with van der Waals surface area (Å²) in [4.78, 5) is 39.2. The molecular formula is C21H17F2N5O2S. The van der Waals surface area contributed by atoms with Crippen molar-refractivity contribution >= 4 is 29.3 Å². The molecule has 0 saturated carbocycles. The first-order chi connectivity index (χ1) is 14.9. The molecular weight excluding hydrogens is 424 g/mol. The lowest BCUT2D eigenvalue weighted by atomic mass is 10.1. The summed E-state index contributed by atoms with van der Waals surface area (Å²) in [6.45, 7) is 1.87. The Balaban J connectivity index is 1.60. The lowest BCUT2D eigenvalue weighted by molar-refractivity contribution is -0.118. The van der Waals surface area contributed by atoms with Crippen molar-refractivity contribution in [1.29, 1.82) is 0 Å². The summed E-state index contributed by atoms with van der Waals surface area (Å²) in [6, 6.07) is 4.68. The zero-order chi connectivity index (χ0) is 22.0. The number of carbonyl (C=O) groups is 2. The number of nitrogens with zero attached hydrogens (tertiary/aromatic N) is 4. The number of pyridine rings is 1. The molecule has 3 aromatic rings. The molecule has 1 aliphatic rings. The van der Waals surface area contributed by atoms with Gasteiger partial charge in [0.1, 0.15) is 16.7 Å². The number of thioether (sulfide) groups is 1. The second kappa shape index (κ2) is 8.76. The molecule has 1 atom stereocenters.